The van der Waals surface area contributed by atoms with Gasteiger partial charge in [0.25, 0.3) is 0 Å². The normalized spacial score (nSPS) is 54.5. The number of ether oxygens (including phenoxy) is 1. The molecule has 4 heteroatoms. The summed E-state index contributed by atoms with van der Waals surface area (Å²) >= 11 is 0. The van der Waals surface area contributed by atoms with Crippen LogP contribution in [-0.4, -0.2) is 79.1 Å². The number of aliphatic hydroxyl groups excluding tert-OH is 1. The molecule has 6 fully saturated rings. The molecule has 2 aliphatic heterocycles. The Kier molecular flexibility index (Phi) is 5.76. The second-order valence-electron chi connectivity index (χ2n) is 14.1. The minimum atomic E-state index is -0.137. The molecule has 2 heterocycles. The Morgan fingerprint density at radius 1 is 0.939 bits per heavy atom. The van der Waals surface area contributed by atoms with Crippen LogP contribution in [0.5, 0.6) is 0 Å². The summed E-state index contributed by atoms with van der Waals surface area (Å²) in [6, 6.07) is 1.24. The fourth-order valence-electron chi connectivity index (χ4n) is 11.0. The van der Waals surface area contributed by atoms with Crippen LogP contribution in [0.4, 0.5) is 0 Å². The third-order valence-corrected chi connectivity index (χ3v) is 13.1. The molecule has 10 atom stereocenters. The highest BCUT2D eigenvalue weighted by Crippen LogP contribution is 2.68. The van der Waals surface area contributed by atoms with E-state index in [0.717, 1.165) is 68.4 Å². The number of hydrogen-bond donors (Lipinski definition) is 1. The molecule has 0 aromatic heterocycles. The van der Waals surface area contributed by atoms with Crippen molar-refractivity contribution in [3.8, 4) is 0 Å². The topological polar surface area (TPSA) is 32.7 Å². The maximum absolute atomic E-state index is 11.2. The van der Waals surface area contributed by atoms with E-state index in [1.165, 1.54) is 68.9 Å². The number of aliphatic hydroxyl groups is 1. The molecular formula is C29H51N2O2+. The molecule has 4 aliphatic carbocycles. The highest BCUT2D eigenvalue weighted by molar-refractivity contribution is 5.12. The third kappa shape index (κ3) is 3.44. The van der Waals surface area contributed by atoms with Gasteiger partial charge in [0.2, 0.25) is 0 Å². The van der Waals surface area contributed by atoms with Gasteiger partial charge in [-0.3, -0.25) is 4.90 Å². The van der Waals surface area contributed by atoms with Gasteiger partial charge in [-0.1, -0.05) is 20.8 Å². The van der Waals surface area contributed by atoms with E-state index in [2.05, 4.69) is 32.7 Å². The molecule has 4 saturated carbocycles. The predicted molar refractivity (Wildman–Crippen MR) is 133 cm³/mol. The number of morpholine rings is 1. The number of quaternary nitrogens is 1. The standard InChI is InChI=1S/C29H51N2O2/c1-20-26(31(4)13-5-6-14-31)18-24-22-8-7-21-17-27(32)25(30-11-15-33-16-12-30)19-29(21,3)23(22)9-10-28(20,24)2/h20-27,32H,5-19H2,1-4H3/q+1/t20-,21?,22?,23?,24?,25-,26-,27?,28+,29-/m0/s1. The summed E-state index contributed by atoms with van der Waals surface area (Å²) in [4.78, 5) is 2.58. The SMILES string of the molecule is C[C@H]1[C@@H]([N+]2(C)CCCC2)CC2C3CCC4CC(O)[C@@H](N5CCOCC5)C[C@]4(C)C3CC[C@@]21C. The van der Waals surface area contributed by atoms with Gasteiger partial charge >= 0.3 is 0 Å². The Hall–Kier alpha value is -0.160. The van der Waals surface area contributed by atoms with E-state index < -0.39 is 0 Å². The van der Waals surface area contributed by atoms with Crippen molar-refractivity contribution in [3.05, 3.63) is 0 Å². The molecule has 2 saturated heterocycles. The summed E-state index contributed by atoms with van der Waals surface area (Å²) in [5, 5.41) is 11.2. The number of rotatable bonds is 2. The molecule has 0 aromatic rings. The van der Waals surface area contributed by atoms with Crippen molar-refractivity contribution in [2.24, 2.45) is 40.4 Å². The highest BCUT2D eigenvalue weighted by atomic mass is 16.5. The first-order valence-corrected chi connectivity index (χ1v) is 14.6. The maximum Gasteiger partial charge on any atom is 0.0922 e. The molecule has 6 rings (SSSR count). The van der Waals surface area contributed by atoms with Crippen molar-refractivity contribution in [2.45, 2.75) is 96.7 Å². The van der Waals surface area contributed by atoms with Crippen molar-refractivity contribution >= 4 is 0 Å². The fraction of sp³-hybridized carbons (Fsp3) is 1.00. The molecule has 6 aliphatic rings. The van der Waals surface area contributed by atoms with Crippen molar-refractivity contribution in [1.29, 1.82) is 0 Å². The van der Waals surface area contributed by atoms with Crippen LogP contribution in [0.2, 0.25) is 0 Å². The zero-order valence-corrected chi connectivity index (χ0v) is 22.0. The van der Waals surface area contributed by atoms with Crippen LogP contribution < -0.4 is 0 Å². The Morgan fingerprint density at radius 3 is 2.39 bits per heavy atom. The summed E-state index contributed by atoms with van der Waals surface area (Å²) < 4.78 is 7.02. The summed E-state index contributed by atoms with van der Waals surface area (Å²) in [6.45, 7) is 14.6. The van der Waals surface area contributed by atoms with E-state index in [9.17, 15) is 5.11 Å². The lowest BCUT2D eigenvalue weighted by molar-refractivity contribution is -0.925. The third-order valence-electron chi connectivity index (χ3n) is 13.1. The minimum absolute atomic E-state index is 0.137. The monoisotopic (exact) mass is 459 g/mol. The molecule has 188 valence electrons. The number of hydrogen-bond acceptors (Lipinski definition) is 3. The van der Waals surface area contributed by atoms with Crippen molar-refractivity contribution in [1.82, 2.24) is 4.90 Å². The van der Waals surface area contributed by atoms with Crippen LogP contribution in [0.15, 0.2) is 0 Å². The average molecular weight is 460 g/mol. The predicted octanol–water partition coefficient (Wildman–Crippen LogP) is 4.56. The van der Waals surface area contributed by atoms with Gasteiger partial charge in [-0.25, -0.2) is 0 Å². The van der Waals surface area contributed by atoms with Crippen LogP contribution in [0.3, 0.4) is 0 Å². The quantitative estimate of drug-likeness (QED) is 0.615. The second kappa shape index (κ2) is 8.18. The molecular weight excluding hydrogens is 408 g/mol. The van der Waals surface area contributed by atoms with Gasteiger partial charge < -0.3 is 14.3 Å². The zero-order chi connectivity index (χ0) is 23.0. The summed E-state index contributed by atoms with van der Waals surface area (Å²) in [5.74, 6) is 4.32. The maximum atomic E-state index is 11.2. The van der Waals surface area contributed by atoms with Gasteiger partial charge in [0.1, 0.15) is 0 Å². The van der Waals surface area contributed by atoms with E-state index >= 15 is 0 Å². The second-order valence-corrected chi connectivity index (χ2v) is 14.1. The summed E-state index contributed by atoms with van der Waals surface area (Å²) in [6.07, 6.45) is 12.2. The van der Waals surface area contributed by atoms with E-state index in [1.807, 2.05) is 0 Å². The van der Waals surface area contributed by atoms with E-state index in [-0.39, 0.29) is 6.10 Å². The van der Waals surface area contributed by atoms with E-state index in [1.54, 1.807) is 0 Å². The van der Waals surface area contributed by atoms with Gasteiger partial charge in [0, 0.05) is 44.3 Å². The lowest BCUT2D eigenvalue weighted by atomic mass is 9.44. The largest absolute Gasteiger partial charge is 0.391 e. The molecule has 0 aromatic carbocycles. The molecule has 0 bridgehead atoms. The lowest BCUT2D eigenvalue weighted by Gasteiger charge is -2.62. The Morgan fingerprint density at radius 2 is 1.67 bits per heavy atom. The summed E-state index contributed by atoms with van der Waals surface area (Å²) in [5.41, 5.74) is 0.969. The Balaban J connectivity index is 1.26. The first kappa shape index (κ1) is 23.3. The highest BCUT2D eigenvalue weighted by Gasteiger charge is 2.64. The minimum Gasteiger partial charge on any atom is -0.391 e. The molecule has 1 N–H and O–H groups in total. The molecule has 4 nitrogen and oxygen atoms in total. The van der Waals surface area contributed by atoms with Crippen molar-refractivity contribution in [2.75, 3.05) is 46.4 Å². The smallest absolute Gasteiger partial charge is 0.0922 e. The number of fused-ring (bicyclic) bond motifs is 5. The number of likely N-dealkylation sites (tertiary alicyclic amines) is 1. The first-order chi connectivity index (χ1) is 15.8. The number of nitrogens with zero attached hydrogens (tertiary/aromatic N) is 2. The Labute approximate surface area is 203 Å². The first-order valence-electron chi connectivity index (χ1n) is 14.6. The molecule has 0 spiro atoms. The van der Waals surface area contributed by atoms with Crippen LogP contribution in [0.1, 0.15) is 78.6 Å². The van der Waals surface area contributed by atoms with Gasteiger partial charge in [0.05, 0.1) is 45.5 Å². The van der Waals surface area contributed by atoms with Gasteiger partial charge in [-0.2, -0.15) is 0 Å². The van der Waals surface area contributed by atoms with E-state index in [0.29, 0.717) is 16.9 Å². The van der Waals surface area contributed by atoms with E-state index in [4.69, 9.17) is 4.74 Å². The molecule has 0 amide bonds. The van der Waals surface area contributed by atoms with Crippen LogP contribution in [-0.2, 0) is 4.74 Å². The molecule has 5 unspecified atom stereocenters. The molecule has 33 heavy (non-hydrogen) atoms. The average Bonchev–Trinajstić information content (AvgIpc) is 3.36. The zero-order valence-electron chi connectivity index (χ0n) is 22.0. The van der Waals surface area contributed by atoms with Gasteiger partial charge in [-0.05, 0) is 73.0 Å². The van der Waals surface area contributed by atoms with Crippen molar-refractivity contribution in [3.63, 3.8) is 0 Å². The lowest BCUT2D eigenvalue weighted by Crippen LogP contribution is -2.60. The van der Waals surface area contributed by atoms with Crippen molar-refractivity contribution < 1.29 is 14.3 Å². The van der Waals surface area contributed by atoms with Crippen LogP contribution >= 0.6 is 0 Å². The van der Waals surface area contributed by atoms with Gasteiger partial charge in [0.15, 0.2) is 0 Å². The van der Waals surface area contributed by atoms with Gasteiger partial charge in [-0.15, -0.1) is 0 Å². The van der Waals surface area contributed by atoms with Crippen LogP contribution in [0.25, 0.3) is 0 Å². The molecule has 0 radical (unpaired) electrons. The summed E-state index contributed by atoms with van der Waals surface area (Å²) in [7, 11) is 2.60. The Bertz CT molecular complexity index is 731. The van der Waals surface area contributed by atoms with Crippen LogP contribution in [0, 0.1) is 40.4 Å². The fourth-order valence-corrected chi connectivity index (χ4v) is 11.0.